The molecule has 0 aromatic carbocycles. The number of hydrogen-bond donors (Lipinski definition) is 1. The van der Waals surface area contributed by atoms with Crippen molar-refractivity contribution in [3.05, 3.63) is 42.5 Å². The van der Waals surface area contributed by atoms with E-state index >= 15 is 0 Å². The van der Waals surface area contributed by atoms with Crippen LogP contribution in [-0.4, -0.2) is 58.4 Å². The van der Waals surface area contributed by atoms with E-state index in [9.17, 15) is 0 Å². The highest BCUT2D eigenvalue weighted by Crippen LogP contribution is 2.26. The zero-order valence-corrected chi connectivity index (χ0v) is 14.9. The summed E-state index contributed by atoms with van der Waals surface area (Å²) in [5.74, 6) is 2.26. The van der Waals surface area contributed by atoms with Gasteiger partial charge in [-0.2, -0.15) is 5.10 Å². The summed E-state index contributed by atoms with van der Waals surface area (Å²) in [6.45, 7) is 6.09. The lowest BCUT2D eigenvalue weighted by molar-refractivity contribution is 0.326. The van der Waals surface area contributed by atoms with Crippen molar-refractivity contribution in [1.29, 1.82) is 0 Å². The minimum Gasteiger partial charge on any atom is -0.490 e. The van der Waals surface area contributed by atoms with Crippen LogP contribution < -0.4 is 10.1 Å². The molecule has 7 heteroatoms. The van der Waals surface area contributed by atoms with E-state index in [0.717, 1.165) is 37.8 Å². The van der Waals surface area contributed by atoms with E-state index < -0.39 is 0 Å². The van der Waals surface area contributed by atoms with Crippen LogP contribution in [0.25, 0.3) is 0 Å². The first-order chi connectivity index (χ1) is 12.3. The zero-order valence-electron chi connectivity index (χ0n) is 14.9. The van der Waals surface area contributed by atoms with Crippen LogP contribution in [0.4, 0.5) is 0 Å². The van der Waals surface area contributed by atoms with Gasteiger partial charge in [-0.15, -0.1) is 0 Å². The number of guanidine groups is 1. The Hall–Kier alpha value is -2.57. The summed E-state index contributed by atoms with van der Waals surface area (Å²) < 4.78 is 7.53. The molecule has 1 aliphatic heterocycles. The van der Waals surface area contributed by atoms with Crippen LogP contribution >= 0.6 is 0 Å². The van der Waals surface area contributed by atoms with Crippen molar-refractivity contribution in [1.82, 2.24) is 25.0 Å². The SMILES string of the molecule is CCNC(=NCCOc1cccnc1)N1CCC(c2cnn(C)c2)C1. The third-order valence-electron chi connectivity index (χ3n) is 4.27. The van der Waals surface area contributed by atoms with E-state index in [1.54, 1.807) is 12.4 Å². The Kier molecular flexibility index (Phi) is 5.87. The molecule has 25 heavy (non-hydrogen) atoms. The van der Waals surface area contributed by atoms with E-state index in [-0.39, 0.29) is 0 Å². The number of aromatic nitrogens is 3. The summed E-state index contributed by atoms with van der Waals surface area (Å²) in [6, 6.07) is 3.77. The molecule has 0 spiro atoms. The monoisotopic (exact) mass is 342 g/mol. The van der Waals surface area contributed by atoms with Gasteiger partial charge in [0, 0.05) is 45.0 Å². The number of aliphatic imine (C=N–C) groups is 1. The highest BCUT2D eigenvalue weighted by molar-refractivity contribution is 5.80. The smallest absolute Gasteiger partial charge is 0.194 e. The predicted octanol–water partition coefficient (Wildman–Crippen LogP) is 1.65. The standard InChI is InChI=1S/C18H26N6O/c1-3-20-18(21-8-10-25-17-5-4-7-19-12-17)24-9-6-15(14-24)16-11-22-23(2)13-16/h4-5,7,11-13,15H,3,6,8-10,14H2,1-2H3,(H,20,21). The van der Waals surface area contributed by atoms with Crippen LogP contribution in [0.15, 0.2) is 41.9 Å². The Morgan fingerprint density at radius 3 is 3.08 bits per heavy atom. The molecule has 1 saturated heterocycles. The lowest BCUT2D eigenvalue weighted by atomic mass is 10.0. The summed E-state index contributed by atoms with van der Waals surface area (Å²) in [5.41, 5.74) is 1.31. The molecule has 2 aromatic rings. The number of likely N-dealkylation sites (tertiary alicyclic amines) is 1. The first-order valence-corrected chi connectivity index (χ1v) is 8.81. The molecule has 3 heterocycles. The van der Waals surface area contributed by atoms with Crippen LogP contribution in [0.5, 0.6) is 5.75 Å². The first-order valence-electron chi connectivity index (χ1n) is 8.81. The molecule has 1 unspecified atom stereocenters. The second-order valence-corrected chi connectivity index (χ2v) is 6.15. The molecule has 1 N–H and O–H groups in total. The van der Waals surface area contributed by atoms with Gasteiger partial charge in [0.05, 0.1) is 18.9 Å². The first kappa shape index (κ1) is 17.3. The maximum atomic E-state index is 5.66. The molecular formula is C18H26N6O. The van der Waals surface area contributed by atoms with Gasteiger partial charge in [-0.1, -0.05) is 0 Å². The lowest BCUT2D eigenvalue weighted by Crippen LogP contribution is -2.40. The minimum absolute atomic E-state index is 0.518. The zero-order chi connectivity index (χ0) is 17.5. The van der Waals surface area contributed by atoms with Gasteiger partial charge in [0.15, 0.2) is 5.96 Å². The Morgan fingerprint density at radius 1 is 1.44 bits per heavy atom. The van der Waals surface area contributed by atoms with Gasteiger partial charge in [-0.25, -0.2) is 4.99 Å². The highest BCUT2D eigenvalue weighted by Gasteiger charge is 2.26. The van der Waals surface area contributed by atoms with Crippen LogP contribution in [-0.2, 0) is 7.05 Å². The molecule has 0 saturated carbocycles. The van der Waals surface area contributed by atoms with Crippen molar-refractivity contribution < 1.29 is 4.74 Å². The van der Waals surface area contributed by atoms with Crippen molar-refractivity contribution in [2.45, 2.75) is 19.3 Å². The number of hydrogen-bond acceptors (Lipinski definition) is 4. The van der Waals surface area contributed by atoms with E-state index in [2.05, 4.69) is 33.4 Å². The quantitative estimate of drug-likeness (QED) is 0.491. The Morgan fingerprint density at radius 2 is 2.36 bits per heavy atom. The third kappa shape index (κ3) is 4.71. The summed E-state index contributed by atoms with van der Waals surface area (Å²) in [4.78, 5) is 11.1. The molecule has 1 atom stereocenters. The largest absolute Gasteiger partial charge is 0.490 e. The van der Waals surface area contributed by atoms with E-state index in [1.807, 2.05) is 30.1 Å². The summed E-state index contributed by atoms with van der Waals surface area (Å²) in [5, 5.41) is 7.68. The van der Waals surface area contributed by atoms with Gasteiger partial charge < -0.3 is 15.0 Å². The summed E-state index contributed by atoms with van der Waals surface area (Å²) >= 11 is 0. The van der Waals surface area contributed by atoms with Crippen molar-refractivity contribution in [2.24, 2.45) is 12.0 Å². The molecule has 1 fully saturated rings. The average molecular weight is 342 g/mol. The third-order valence-corrected chi connectivity index (χ3v) is 4.27. The number of nitrogens with zero attached hydrogens (tertiary/aromatic N) is 5. The van der Waals surface area contributed by atoms with E-state index in [0.29, 0.717) is 19.1 Å². The second kappa shape index (κ2) is 8.50. The molecule has 1 aliphatic rings. The molecule has 2 aromatic heterocycles. The number of pyridine rings is 1. The maximum Gasteiger partial charge on any atom is 0.194 e. The van der Waals surface area contributed by atoms with Crippen LogP contribution in [0.3, 0.4) is 0 Å². The summed E-state index contributed by atoms with van der Waals surface area (Å²) in [7, 11) is 1.96. The number of nitrogens with one attached hydrogen (secondary N) is 1. The van der Waals surface area contributed by atoms with Crippen molar-refractivity contribution >= 4 is 5.96 Å². The second-order valence-electron chi connectivity index (χ2n) is 6.15. The predicted molar refractivity (Wildman–Crippen MR) is 97.8 cm³/mol. The van der Waals surface area contributed by atoms with Gasteiger partial charge in [0.1, 0.15) is 12.4 Å². The van der Waals surface area contributed by atoms with Crippen LogP contribution in [0, 0.1) is 0 Å². The van der Waals surface area contributed by atoms with Crippen molar-refractivity contribution in [3.63, 3.8) is 0 Å². The van der Waals surface area contributed by atoms with Gasteiger partial charge in [-0.3, -0.25) is 9.67 Å². The van der Waals surface area contributed by atoms with Gasteiger partial charge in [-0.05, 0) is 31.0 Å². The molecule has 3 rings (SSSR count). The molecule has 0 radical (unpaired) electrons. The fraction of sp³-hybridized carbons (Fsp3) is 0.500. The Balaban J connectivity index is 1.53. The minimum atomic E-state index is 0.518. The molecule has 134 valence electrons. The normalized spacial score (nSPS) is 17.8. The summed E-state index contributed by atoms with van der Waals surface area (Å²) in [6.07, 6.45) is 8.66. The number of aryl methyl sites for hydroxylation is 1. The fourth-order valence-corrected chi connectivity index (χ4v) is 3.05. The molecule has 7 nitrogen and oxygen atoms in total. The topological polar surface area (TPSA) is 67.6 Å². The van der Waals surface area contributed by atoms with Crippen molar-refractivity contribution in [3.8, 4) is 5.75 Å². The maximum absolute atomic E-state index is 5.66. The molecule has 0 amide bonds. The van der Waals surface area contributed by atoms with Crippen molar-refractivity contribution in [2.75, 3.05) is 32.8 Å². The van der Waals surface area contributed by atoms with Crippen LogP contribution in [0.1, 0.15) is 24.8 Å². The fourth-order valence-electron chi connectivity index (χ4n) is 3.05. The molecule has 0 aliphatic carbocycles. The highest BCUT2D eigenvalue weighted by atomic mass is 16.5. The van der Waals surface area contributed by atoms with Crippen LogP contribution in [0.2, 0.25) is 0 Å². The average Bonchev–Trinajstić information content (AvgIpc) is 3.27. The van der Waals surface area contributed by atoms with Gasteiger partial charge in [0.2, 0.25) is 0 Å². The van der Waals surface area contributed by atoms with E-state index in [1.165, 1.54) is 5.56 Å². The van der Waals surface area contributed by atoms with E-state index in [4.69, 9.17) is 9.73 Å². The number of ether oxygens (including phenoxy) is 1. The molecular weight excluding hydrogens is 316 g/mol. The number of rotatable bonds is 6. The van der Waals surface area contributed by atoms with Gasteiger partial charge in [0.25, 0.3) is 0 Å². The lowest BCUT2D eigenvalue weighted by Gasteiger charge is -2.21. The Bertz CT molecular complexity index is 684. The van der Waals surface area contributed by atoms with Gasteiger partial charge >= 0.3 is 0 Å². The Labute approximate surface area is 148 Å². The molecule has 0 bridgehead atoms.